The van der Waals surface area contributed by atoms with Gasteiger partial charge in [-0.3, -0.25) is 0 Å². The van der Waals surface area contributed by atoms with Crippen molar-refractivity contribution in [3.63, 3.8) is 0 Å². The maximum absolute atomic E-state index is 12.6. The van der Waals surface area contributed by atoms with Crippen molar-refractivity contribution in [1.82, 2.24) is 5.32 Å². The number of nitrogens with one attached hydrogen (secondary N) is 1. The molecule has 0 heterocycles. The third-order valence-corrected chi connectivity index (χ3v) is 5.08. The Labute approximate surface area is 114 Å². The van der Waals surface area contributed by atoms with E-state index in [1.54, 1.807) is 19.2 Å². The molecule has 0 aliphatic heterocycles. The van der Waals surface area contributed by atoms with Gasteiger partial charge in [-0.05, 0) is 31.7 Å². The van der Waals surface area contributed by atoms with Crippen LogP contribution in [-0.4, -0.2) is 15.5 Å². The number of hydrogen-bond donors (Lipinski definition) is 1. The molecule has 0 bridgehead atoms. The van der Waals surface area contributed by atoms with Gasteiger partial charge in [-0.15, -0.1) is 0 Å². The molecule has 19 heavy (non-hydrogen) atoms. The molecule has 2 aromatic carbocycles. The molecule has 0 amide bonds. The summed E-state index contributed by atoms with van der Waals surface area (Å²) >= 11 is 0. The van der Waals surface area contributed by atoms with Crippen molar-refractivity contribution in [3.05, 3.63) is 65.7 Å². The fourth-order valence-corrected chi connectivity index (χ4v) is 3.61. The maximum atomic E-state index is 12.6. The van der Waals surface area contributed by atoms with Gasteiger partial charge in [0.1, 0.15) is 5.37 Å². The lowest BCUT2D eigenvalue weighted by molar-refractivity contribution is 0.570. The summed E-state index contributed by atoms with van der Waals surface area (Å²) in [6.07, 6.45) is 0. The second-order valence-corrected chi connectivity index (χ2v) is 6.47. The lowest BCUT2D eigenvalue weighted by Crippen LogP contribution is -2.25. The van der Waals surface area contributed by atoms with Gasteiger partial charge in [0.25, 0.3) is 0 Å². The molecule has 0 aliphatic rings. The third-order valence-electron chi connectivity index (χ3n) is 3.02. The topological polar surface area (TPSA) is 46.2 Å². The molecule has 0 aromatic heterocycles. The Morgan fingerprint density at radius 1 is 0.947 bits per heavy atom. The van der Waals surface area contributed by atoms with Crippen LogP contribution in [0, 0.1) is 6.92 Å². The van der Waals surface area contributed by atoms with E-state index in [-0.39, 0.29) is 0 Å². The monoisotopic (exact) mass is 275 g/mol. The first-order chi connectivity index (χ1) is 9.05. The normalized spacial score (nSPS) is 13.2. The Balaban J connectivity index is 2.45. The number of aryl methyl sites for hydroxylation is 1. The van der Waals surface area contributed by atoms with Gasteiger partial charge >= 0.3 is 0 Å². The van der Waals surface area contributed by atoms with Gasteiger partial charge in [0.05, 0.1) is 4.90 Å². The second-order valence-electron chi connectivity index (χ2n) is 4.44. The van der Waals surface area contributed by atoms with E-state index in [2.05, 4.69) is 5.32 Å². The molecule has 100 valence electrons. The number of rotatable bonds is 4. The summed E-state index contributed by atoms with van der Waals surface area (Å²) in [6, 6.07) is 16.1. The highest BCUT2D eigenvalue weighted by atomic mass is 32.2. The minimum Gasteiger partial charge on any atom is -0.300 e. The molecular formula is C15H17NO2S. The third kappa shape index (κ3) is 2.85. The lowest BCUT2D eigenvalue weighted by atomic mass is 10.2. The van der Waals surface area contributed by atoms with Crippen molar-refractivity contribution in [1.29, 1.82) is 0 Å². The zero-order valence-corrected chi connectivity index (χ0v) is 11.8. The molecule has 3 nitrogen and oxygen atoms in total. The molecule has 1 atom stereocenters. The van der Waals surface area contributed by atoms with E-state index in [0.717, 1.165) is 11.1 Å². The summed E-state index contributed by atoms with van der Waals surface area (Å²) in [5, 5.41) is 2.16. The summed E-state index contributed by atoms with van der Waals surface area (Å²) < 4.78 is 25.2. The van der Waals surface area contributed by atoms with E-state index >= 15 is 0 Å². The van der Waals surface area contributed by atoms with Gasteiger partial charge in [-0.25, -0.2) is 8.42 Å². The highest BCUT2D eigenvalue weighted by Crippen LogP contribution is 2.26. The van der Waals surface area contributed by atoms with Crippen LogP contribution in [0.2, 0.25) is 0 Å². The average molecular weight is 275 g/mol. The summed E-state index contributed by atoms with van der Waals surface area (Å²) in [4.78, 5) is 0.335. The number of hydrogen-bond acceptors (Lipinski definition) is 3. The smallest absolute Gasteiger partial charge is 0.198 e. The summed E-state index contributed by atoms with van der Waals surface area (Å²) in [5.41, 5.74) is 1.78. The van der Waals surface area contributed by atoms with Crippen LogP contribution in [-0.2, 0) is 9.84 Å². The van der Waals surface area contributed by atoms with Crippen LogP contribution in [0.1, 0.15) is 16.5 Å². The van der Waals surface area contributed by atoms with Gasteiger partial charge in [-0.1, -0.05) is 48.0 Å². The molecule has 0 fully saturated rings. The van der Waals surface area contributed by atoms with Crippen LogP contribution in [0.15, 0.2) is 59.5 Å². The van der Waals surface area contributed by atoms with Crippen LogP contribution in [0.3, 0.4) is 0 Å². The Morgan fingerprint density at radius 3 is 2.05 bits per heavy atom. The summed E-state index contributed by atoms with van der Waals surface area (Å²) in [6.45, 7) is 1.93. The molecule has 0 saturated carbocycles. The molecule has 0 saturated heterocycles. The Morgan fingerprint density at radius 2 is 1.53 bits per heavy atom. The van der Waals surface area contributed by atoms with Crippen LogP contribution >= 0.6 is 0 Å². The first kappa shape index (κ1) is 13.8. The summed E-state index contributed by atoms with van der Waals surface area (Å²) in [7, 11) is -1.78. The predicted molar refractivity (Wildman–Crippen MR) is 76.6 cm³/mol. The second kappa shape index (κ2) is 5.55. The zero-order valence-electron chi connectivity index (χ0n) is 11.0. The van der Waals surface area contributed by atoms with Crippen molar-refractivity contribution < 1.29 is 8.42 Å². The molecule has 4 heteroatoms. The SMILES string of the molecule is CNC(c1ccccc1)S(=O)(=O)c1ccc(C)cc1. The van der Waals surface area contributed by atoms with E-state index in [0.29, 0.717) is 4.90 Å². The quantitative estimate of drug-likeness (QED) is 0.933. The average Bonchev–Trinajstić information content (AvgIpc) is 2.41. The molecule has 0 aliphatic carbocycles. The van der Waals surface area contributed by atoms with Gasteiger partial charge in [0.2, 0.25) is 0 Å². The Bertz CT molecular complexity index is 634. The van der Waals surface area contributed by atoms with E-state index in [1.807, 2.05) is 49.4 Å². The zero-order chi connectivity index (χ0) is 13.9. The first-order valence-electron chi connectivity index (χ1n) is 6.08. The Hall–Kier alpha value is -1.65. The van der Waals surface area contributed by atoms with E-state index in [9.17, 15) is 8.42 Å². The molecule has 2 rings (SSSR count). The number of benzene rings is 2. The number of sulfone groups is 1. The Kier molecular flexibility index (Phi) is 4.02. The summed E-state index contributed by atoms with van der Waals surface area (Å²) in [5.74, 6) is 0. The van der Waals surface area contributed by atoms with Gasteiger partial charge in [0.15, 0.2) is 9.84 Å². The minimum absolute atomic E-state index is 0.335. The van der Waals surface area contributed by atoms with E-state index in [1.165, 1.54) is 0 Å². The van der Waals surface area contributed by atoms with Crippen molar-refractivity contribution in [2.45, 2.75) is 17.2 Å². The standard InChI is InChI=1S/C15H17NO2S/c1-12-8-10-14(11-9-12)19(17,18)15(16-2)13-6-4-3-5-7-13/h3-11,15-16H,1-2H3. The van der Waals surface area contributed by atoms with Gasteiger partial charge < -0.3 is 5.32 Å². The van der Waals surface area contributed by atoms with E-state index < -0.39 is 15.2 Å². The molecule has 0 radical (unpaired) electrons. The largest absolute Gasteiger partial charge is 0.300 e. The molecule has 1 unspecified atom stereocenters. The lowest BCUT2D eigenvalue weighted by Gasteiger charge is -2.17. The molecule has 2 aromatic rings. The highest BCUT2D eigenvalue weighted by molar-refractivity contribution is 7.91. The highest BCUT2D eigenvalue weighted by Gasteiger charge is 2.27. The predicted octanol–water partition coefficient (Wildman–Crippen LogP) is 2.69. The molecule has 1 N–H and O–H groups in total. The van der Waals surface area contributed by atoms with Crippen molar-refractivity contribution in [3.8, 4) is 0 Å². The van der Waals surface area contributed by atoms with Gasteiger partial charge in [-0.2, -0.15) is 0 Å². The fourth-order valence-electron chi connectivity index (χ4n) is 1.99. The maximum Gasteiger partial charge on any atom is 0.198 e. The van der Waals surface area contributed by atoms with Crippen molar-refractivity contribution >= 4 is 9.84 Å². The minimum atomic E-state index is -3.43. The molecular weight excluding hydrogens is 258 g/mol. The molecule has 0 spiro atoms. The van der Waals surface area contributed by atoms with Gasteiger partial charge in [0, 0.05) is 0 Å². The van der Waals surface area contributed by atoms with Crippen LogP contribution in [0.25, 0.3) is 0 Å². The van der Waals surface area contributed by atoms with E-state index in [4.69, 9.17) is 0 Å². The van der Waals surface area contributed by atoms with Crippen molar-refractivity contribution in [2.24, 2.45) is 0 Å². The first-order valence-corrected chi connectivity index (χ1v) is 7.63. The fraction of sp³-hybridized carbons (Fsp3) is 0.200. The van der Waals surface area contributed by atoms with Crippen LogP contribution < -0.4 is 5.32 Å². The van der Waals surface area contributed by atoms with Crippen LogP contribution in [0.5, 0.6) is 0 Å². The van der Waals surface area contributed by atoms with Crippen LogP contribution in [0.4, 0.5) is 0 Å². The van der Waals surface area contributed by atoms with Crippen molar-refractivity contribution in [2.75, 3.05) is 7.05 Å².